The van der Waals surface area contributed by atoms with Gasteiger partial charge in [-0.05, 0) is 38.5 Å². The van der Waals surface area contributed by atoms with Crippen molar-refractivity contribution < 1.29 is 19.1 Å². The van der Waals surface area contributed by atoms with Crippen molar-refractivity contribution >= 4 is 5.97 Å². The third-order valence-electron chi connectivity index (χ3n) is 3.26. The van der Waals surface area contributed by atoms with Crippen LogP contribution in [0.25, 0.3) is 0 Å². The topological polar surface area (TPSA) is 59.7 Å². The average Bonchev–Trinajstić information content (AvgIpc) is 2.86. The Balaban J connectivity index is 2.43. The highest BCUT2D eigenvalue weighted by Gasteiger charge is 2.30. The first-order chi connectivity index (χ1) is 9.34. The van der Waals surface area contributed by atoms with Crippen LogP contribution in [0.15, 0.2) is 34.7 Å². The molecule has 1 aromatic carbocycles. The van der Waals surface area contributed by atoms with Crippen molar-refractivity contribution in [1.82, 2.24) is 0 Å². The van der Waals surface area contributed by atoms with Crippen LogP contribution in [0.2, 0.25) is 0 Å². The number of rotatable bonds is 3. The standard InChI is InChI=1S/C16H18O4/c1-10-7-11(2)9-12(8-10)16(3,18)14-6-5-13(20-14)15(17)19-4/h5-9,18H,1-4H3. The van der Waals surface area contributed by atoms with Gasteiger partial charge in [0.1, 0.15) is 11.4 Å². The molecule has 0 fully saturated rings. The van der Waals surface area contributed by atoms with Crippen molar-refractivity contribution in [3.63, 3.8) is 0 Å². The molecule has 4 heteroatoms. The minimum Gasteiger partial charge on any atom is -0.463 e. The first-order valence-corrected chi connectivity index (χ1v) is 6.34. The van der Waals surface area contributed by atoms with Gasteiger partial charge in [-0.15, -0.1) is 0 Å². The molecule has 20 heavy (non-hydrogen) atoms. The molecule has 1 N–H and O–H groups in total. The second-order valence-electron chi connectivity index (χ2n) is 5.10. The van der Waals surface area contributed by atoms with Crippen molar-refractivity contribution in [1.29, 1.82) is 0 Å². The molecule has 0 saturated carbocycles. The zero-order chi connectivity index (χ0) is 14.9. The highest BCUT2D eigenvalue weighted by Crippen LogP contribution is 2.31. The number of benzene rings is 1. The summed E-state index contributed by atoms with van der Waals surface area (Å²) in [7, 11) is 1.28. The lowest BCUT2D eigenvalue weighted by molar-refractivity contribution is 0.0522. The van der Waals surface area contributed by atoms with Crippen LogP contribution in [-0.2, 0) is 10.3 Å². The minimum atomic E-state index is -1.30. The number of hydrogen-bond donors (Lipinski definition) is 1. The SMILES string of the molecule is COC(=O)c1ccc(C(C)(O)c2cc(C)cc(C)c2)o1. The maximum Gasteiger partial charge on any atom is 0.373 e. The number of hydrogen-bond acceptors (Lipinski definition) is 4. The molecule has 0 amide bonds. The zero-order valence-corrected chi connectivity index (χ0v) is 12.1. The highest BCUT2D eigenvalue weighted by molar-refractivity contribution is 5.86. The van der Waals surface area contributed by atoms with Crippen molar-refractivity contribution in [3.8, 4) is 0 Å². The molecule has 0 aliphatic carbocycles. The van der Waals surface area contributed by atoms with E-state index in [1.165, 1.54) is 13.2 Å². The van der Waals surface area contributed by atoms with Crippen molar-refractivity contribution in [2.45, 2.75) is 26.4 Å². The Labute approximate surface area is 118 Å². The van der Waals surface area contributed by atoms with Crippen LogP contribution < -0.4 is 0 Å². The number of furan rings is 1. The first-order valence-electron chi connectivity index (χ1n) is 6.34. The Morgan fingerprint density at radius 1 is 1.20 bits per heavy atom. The summed E-state index contributed by atoms with van der Waals surface area (Å²) in [6.07, 6.45) is 0. The molecular weight excluding hydrogens is 256 g/mol. The maximum absolute atomic E-state index is 11.4. The third kappa shape index (κ3) is 2.60. The third-order valence-corrected chi connectivity index (χ3v) is 3.26. The molecule has 1 aromatic heterocycles. The molecule has 0 saturated heterocycles. The van der Waals surface area contributed by atoms with Gasteiger partial charge in [0, 0.05) is 0 Å². The monoisotopic (exact) mass is 274 g/mol. The number of carbonyl (C=O) groups excluding carboxylic acids is 1. The molecule has 2 rings (SSSR count). The van der Waals surface area contributed by atoms with Crippen LogP contribution >= 0.6 is 0 Å². The Hall–Kier alpha value is -2.07. The van der Waals surface area contributed by atoms with Gasteiger partial charge in [0.15, 0.2) is 0 Å². The van der Waals surface area contributed by atoms with Crippen LogP contribution in [0.5, 0.6) is 0 Å². The normalized spacial score (nSPS) is 13.8. The molecular formula is C16H18O4. The van der Waals surface area contributed by atoms with Crippen LogP contribution in [0.1, 0.15) is 39.9 Å². The summed E-state index contributed by atoms with van der Waals surface area (Å²) in [5.74, 6) is -0.178. The lowest BCUT2D eigenvalue weighted by Crippen LogP contribution is -2.22. The molecule has 2 aromatic rings. The van der Waals surface area contributed by atoms with Gasteiger partial charge in [-0.2, -0.15) is 0 Å². The molecule has 4 nitrogen and oxygen atoms in total. The molecule has 0 bridgehead atoms. The number of ether oxygens (including phenoxy) is 1. The van der Waals surface area contributed by atoms with Crippen LogP contribution in [0.4, 0.5) is 0 Å². The summed E-state index contributed by atoms with van der Waals surface area (Å²) in [6.45, 7) is 5.57. The number of aryl methyl sites for hydroxylation is 2. The summed E-state index contributed by atoms with van der Waals surface area (Å²) in [6, 6.07) is 8.91. The van der Waals surface area contributed by atoms with Gasteiger partial charge in [-0.25, -0.2) is 4.79 Å². The molecule has 0 aliphatic rings. The van der Waals surface area contributed by atoms with E-state index in [4.69, 9.17) is 4.42 Å². The predicted molar refractivity (Wildman–Crippen MR) is 74.6 cm³/mol. The molecule has 106 valence electrons. The van der Waals surface area contributed by atoms with Crippen molar-refractivity contribution in [2.24, 2.45) is 0 Å². The van der Waals surface area contributed by atoms with Gasteiger partial charge in [0.05, 0.1) is 7.11 Å². The van der Waals surface area contributed by atoms with Crippen LogP contribution in [-0.4, -0.2) is 18.2 Å². The fourth-order valence-corrected chi connectivity index (χ4v) is 2.21. The highest BCUT2D eigenvalue weighted by atomic mass is 16.5. The summed E-state index contributed by atoms with van der Waals surface area (Å²) >= 11 is 0. The second-order valence-corrected chi connectivity index (χ2v) is 5.10. The van der Waals surface area contributed by atoms with E-state index in [-0.39, 0.29) is 5.76 Å². The predicted octanol–water partition coefficient (Wildman–Crippen LogP) is 2.94. The lowest BCUT2D eigenvalue weighted by atomic mass is 9.91. The number of carbonyl (C=O) groups is 1. The van der Waals surface area contributed by atoms with Gasteiger partial charge in [-0.3, -0.25) is 0 Å². The van der Waals surface area contributed by atoms with E-state index < -0.39 is 11.6 Å². The lowest BCUT2D eigenvalue weighted by Gasteiger charge is -2.22. The van der Waals surface area contributed by atoms with E-state index in [1.54, 1.807) is 13.0 Å². The van der Waals surface area contributed by atoms with Gasteiger partial charge >= 0.3 is 5.97 Å². The molecule has 1 heterocycles. The van der Waals surface area contributed by atoms with E-state index in [0.717, 1.165) is 16.7 Å². The van der Waals surface area contributed by atoms with Crippen LogP contribution in [0.3, 0.4) is 0 Å². The Bertz CT molecular complexity index is 617. The van der Waals surface area contributed by atoms with E-state index in [0.29, 0.717) is 5.76 Å². The Kier molecular flexibility index (Phi) is 3.68. The fraction of sp³-hybridized carbons (Fsp3) is 0.312. The summed E-state index contributed by atoms with van der Waals surface area (Å²) in [4.78, 5) is 11.4. The largest absolute Gasteiger partial charge is 0.463 e. The number of methoxy groups -OCH3 is 1. The molecule has 0 aliphatic heterocycles. The van der Waals surface area contributed by atoms with E-state index in [1.807, 2.05) is 32.0 Å². The Morgan fingerprint density at radius 2 is 1.80 bits per heavy atom. The van der Waals surface area contributed by atoms with Gasteiger partial charge in [0.25, 0.3) is 0 Å². The molecule has 1 unspecified atom stereocenters. The van der Waals surface area contributed by atoms with Crippen LogP contribution in [0, 0.1) is 13.8 Å². The quantitative estimate of drug-likeness (QED) is 0.874. The summed E-state index contributed by atoms with van der Waals surface area (Å²) in [5.41, 5.74) is 1.53. The van der Waals surface area contributed by atoms with Gasteiger partial charge in [0.2, 0.25) is 5.76 Å². The summed E-state index contributed by atoms with van der Waals surface area (Å²) in [5, 5.41) is 10.7. The number of aliphatic hydroxyl groups is 1. The minimum absolute atomic E-state index is 0.0761. The second kappa shape index (κ2) is 5.13. The van der Waals surface area contributed by atoms with Crippen molar-refractivity contribution in [2.75, 3.05) is 7.11 Å². The number of esters is 1. The first kappa shape index (κ1) is 14.3. The molecule has 1 atom stereocenters. The molecule has 0 spiro atoms. The van der Waals surface area contributed by atoms with Gasteiger partial charge < -0.3 is 14.3 Å². The summed E-state index contributed by atoms with van der Waals surface area (Å²) < 4.78 is 10.0. The van der Waals surface area contributed by atoms with Crippen molar-refractivity contribution in [3.05, 3.63) is 58.5 Å². The maximum atomic E-state index is 11.4. The fourth-order valence-electron chi connectivity index (χ4n) is 2.21. The Morgan fingerprint density at radius 3 is 2.35 bits per heavy atom. The average molecular weight is 274 g/mol. The van der Waals surface area contributed by atoms with E-state index in [9.17, 15) is 9.90 Å². The molecule has 0 radical (unpaired) electrons. The van der Waals surface area contributed by atoms with E-state index >= 15 is 0 Å². The van der Waals surface area contributed by atoms with E-state index in [2.05, 4.69) is 4.74 Å². The van der Waals surface area contributed by atoms with Gasteiger partial charge in [-0.1, -0.05) is 29.3 Å². The smallest absolute Gasteiger partial charge is 0.373 e. The zero-order valence-electron chi connectivity index (χ0n) is 12.1.